The standard InChI is InChI=1S/2C6H9NO2S.C5H5NO2.2CH4S/c2*1-7-5(8)3-4(10-2)6(7)9;1-6-4(7)2-3-5(6)8;2*1-2/h2*4H,3H2,1-2H3;2-3H,1H3;2*2H,1H3. The van der Waals surface area contributed by atoms with Crippen LogP contribution in [0.15, 0.2) is 12.2 Å². The predicted molar refractivity (Wildman–Crippen MR) is 136 cm³/mol. The van der Waals surface area contributed by atoms with Crippen LogP contribution in [-0.4, -0.2) is 107 Å². The first-order valence-corrected chi connectivity index (χ1v) is 13.5. The van der Waals surface area contributed by atoms with Crippen LogP contribution in [0.1, 0.15) is 12.8 Å². The maximum Gasteiger partial charge on any atom is 0.253 e. The van der Waals surface area contributed by atoms with Gasteiger partial charge in [-0.1, -0.05) is 0 Å². The summed E-state index contributed by atoms with van der Waals surface area (Å²) in [5, 5.41) is -0.255. The molecule has 2 atom stereocenters. The summed E-state index contributed by atoms with van der Waals surface area (Å²) in [5.41, 5.74) is 0. The Hall–Kier alpha value is -1.44. The molecule has 32 heavy (non-hydrogen) atoms. The van der Waals surface area contributed by atoms with Gasteiger partial charge in [-0.2, -0.15) is 48.8 Å². The third kappa shape index (κ3) is 9.59. The van der Waals surface area contributed by atoms with E-state index in [4.69, 9.17) is 0 Å². The molecule has 182 valence electrons. The molecule has 0 spiro atoms. The summed E-state index contributed by atoms with van der Waals surface area (Å²) in [6.07, 6.45) is 10.3. The van der Waals surface area contributed by atoms with Gasteiger partial charge in [-0.05, 0) is 25.0 Å². The molecule has 2 unspecified atom stereocenters. The van der Waals surface area contributed by atoms with Gasteiger partial charge in [-0.25, -0.2) is 0 Å². The van der Waals surface area contributed by atoms with Crippen LogP contribution in [0.5, 0.6) is 0 Å². The molecule has 0 saturated carbocycles. The van der Waals surface area contributed by atoms with Crippen molar-refractivity contribution in [3.05, 3.63) is 12.2 Å². The number of amides is 6. The molecule has 2 fully saturated rings. The lowest BCUT2D eigenvalue weighted by Crippen LogP contribution is -2.26. The SMILES string of the molecule is CN1C(=O)C=CC1=O.CS.CS.CSC1CC(=O)N(C)C1=O.CSC1CC(=O)N(C)C1=O. The largest absolute Gasteiger partial charge is 0.285 e. The molecule has 0 aromatic rings. The lowest BCUT2D eigenvalue weighted by molar-refractivity contribution is -0.138. The van der Waals surface area contributed by atoms with Crippen LogP contribution in [0.2, 0.25) is 0 Å². The van der Waals surface area contributed by atoms with Crippen LogP contribution in [0, 0.1) is 0 Å². The van der Waals surface area contributed by atoms with Crippen molar-refractivity contribution in [2.75, 3.05) is 46.2 Å². The first-order chi connectivity index (χ1) is 15.0. The van der Waals surface area contributed by atoms with Crippen LogP contribution >= 0.6 is 48.8 Å². The van der Waals surface area contributed by atoms with Gasteiger partial charge < -0.3 is 0 Å². The van der Waals surface area contributed by atoms with E-state index in [0.717, 1.165) is 4.90 Å². The number of thioether (sulfide) groups is 2. The van der Waals surface area contributed by atoms with Crippen LogP contribution in [0.4, 0.5) is 0 Å². The number of hydrogen-bond acceptors (Lipinski definition) is 10. The fourth-order valence-electron chi connectivity index (χ4n) is 2.29. The average Bonchev–Trinajstić information content (AvgIpc) is 3.36. The van der Waals surface area contributed by atoms with E-state index in [1.54, 1.807) is 12.5 Å². The average molecular weight is 526 g/mol. The monoisotopic (exact) mass is 525 g/mol. The summed E-state index contributed by atoms with van der Waals surface area (Å²) in [6.45, 7) is 0. The first-order valence-electron chi connectivity index (χ1n) is 9.10. The van der Waals surface area contributed by atoms with Crippen molar-refractivity contribution in [2.45, 2.75) is 23.3 Å². The summed E-state index contributed by atoms with van der Waals surface area (Å²) < 4.78 is 0. The zero-order valence-electron chi connectivity index (χ0n) is 19.2. The Kier molecular flexibility index (Phi) is 17.5. The van der Waals surface area contributed by atoms with Crippen LogP contribution in [0.25, 0.3) is 0 Å². The Morgan fingerprint density at radius 3 is 1.03 bits per heavy atom. The lowest BCUT2D eigenvalue weighted by atomic mass is 10.4. The van der Waals surface area contributed by atoms with Gasteiger partial charge >= 0.3 is 0 Å². The number of imide groups is 3. The highest BCUT2D eigenvalue weighted by molar-refractivity contribution is 8.00. The molecule has 0 N–H and O–H groups in total. The molecule has 2 saturated heterocycles. The minimum Gasteiger partial charge on any atom is -0.285 e. The molecule has 3 aliphatic rings. The third-order valence-electron chi connectivity index (χ3n) is 4.28. The molecule has 13 heteroatoms. The molecule has 3 heterocycles. The van der Waals surface area contributed by atoms with Gasteiger partial charge in [0.1, 0.15) is 0 Å². The molecular weight excluding hydrogens is 494 g/mol. The first kappa shape index (κ1) is 32.7. The zero-order valence-corrected chi connectivity index (χ0v) is 22.6. The maximum absolute atomic E-state index is 11.0. The van der Waals surface area contributed by atoms with Gasteiger partial charge in [-0.15, -0.1) is 0 Å². The molecule has 3 aliphatic heterocycles. The second-order valence-electron chi connectivity index (χ2n) is 6.01. The normalized spacial score (nSPS) is 21.3. The molecule has 9 nitrogen and oxygen atoms in total. The van der Waals surface area contributed by atoms with E-state index in [2.05, 4.69) is 25.3 Å². The minimum absolute atomic E-state index is 0.0579. The van der Waals surface area contributed by atoms with E-state index in [1.165, 1.54) is 66.6 Å². The van der Waals surface area contributed by atoms with E-state index < -0.39 is 0 Å². The molecule has 6 amide bonds. The Morgan fingerprint density at radius 2 is 0.938 bits per heavy atom. The van der Waals surface area contributed by atoms with Gasteiger partial charge in [0.2, 0.25) is 23.6 Å². The van der Waals surface area contributed by atoms with Crippen molar-refractivity contribution in [2.24, 2.45) is 0 Å². The number of carbonyl (C=O) groups is 6. The van der Waals surface area contributed by atoms with E-state index in [0.29, 0.717) is 12.8 Å². The molecule has 0 aromatic heterocycles. The van der Waals surface area contributed by atoms with E-state index in [9.17, 15) is 28.8 Å². The van der Waals surface area contributed by atoms with Crippen molar-refractivity contribution in [1.82, 2.24) is 14.7 Å². The van der Waals surface area contributed by atoms with Gasteiger partial charge in [0.05, 0.1) is 10.5 Å². The van der Waals surface area contributed by atoms with Gasteiger partial charge in [-0.3, -0.25) is 43.5 Å². The fraction of sp³-hybridized carbons (Fsp3) is 0.579. The van der Waals surface area contributed by atoms with Crippen molar-refractivity contribution in [3.63, 3.8) is 0 Å². The van der Waals surface area contributed by atoms with Crippen molar-refractivity contribution < 1.29 is 28.8 Å². The van der Waals surface area contributed by atoms with Crippen LogP contribution < -0.4 is 0 Å². The van der Waals surface area contributed by atoms with E-state index in [1.807, 2.05) is 12.5 Å². The van der Waals surface area contributed by atoms with Crippen LogP contribution in [-0.2, 0) is 28.8 Å². The molecule has 0 aliphatic carbocycles. The highest BCUT2D eigenvalue weighted by atomic mass is 32.2. The Bertz CT molecular complexity index is 674. The fourth-order valence-corrected chi connectivity index (χ4v) is 3.62. The van der Waals surface area contributed by atoms with Crippen LogP contribution in [0.3, 0.4) is 0 Å². The lowest BCUT2D eigenvalue weighted by Gasteiger charge is -2.04. The number of likely N-dealkylation sites (tertiary alicyclic amines) is 2. The number of hydrogen-bond donors (Lipinski definition) is 2. The molecule has 0 aromatic carbocycles. The molecule has 3 rings (SSSR count). The summed E-state index contributed by atoms with van der Waals surface area (Å²) in [5.74, 6) is -0.728. The number of carbonyl (C=O) groups excluding carboxylic acids is 6. The topological polar surface area (TPSA) is 112 Å². The number of thiol groups is 2. The third-order valence-corrected chi connectivity index (χ3v) is 6.15. The Labute approximate surface area is 208 Å². The smallest absolute Gasteiger partial charge is 0.253 e. The van der Waals surface area contributed by atoms with Gasteiger partial charge in [0, 0.05) is 46.1 Å². The zero-order chi connectivity index (χ0) is 25.6. The minimum atomic E-state index is -0.241. The maximum atomic E-state index is 11.0. The van der Waals surface area contributed by atoms with Crippen molar-refractivity contribution in [1.29, 1.82) is 0 Å². The van der Waals surface area contributed by atoms with E-state index in [-0.39, 0.29) is 45.9 Å². The highest BCUT2D eigenvalue weighted by Gasteiger charge is 2.35. The number of rotatable bonds is 2. The van der Waals surface area contributed by atoms with Gasteiger partial charge in [0.25, 0.3) is 11.8 Å². The number of likely N-dealkylation sites (N-methyl/N-ethyl adjacent to an activating group) is 1. The number of nitrogens with zero attached hydrogens (tertiary/aromatic N) is 3. The highest BCUT2D eigenvalue weighted by Crippen LogP contribution is 2.21. The quantitative estimate of drug-likeness (QED) is 0.403. The van der Waals surface area contributed by atoms with Crippen molar-refractivity contribution >= 4 is 84.2 Å². The summed E-state index contributed by atoms with van der Waals surface area (Å²) in [7, 11) is 4.51. The summed E-state index contributed by atoms with van der Waals surface area (Å²) in [4.78, 5) is 68.0. The molecule has 0 bridgehead atoms. The second kappa shape index (κ2) is 17.1. The molecular formula is C19H31N3O6S4. The Morgan fingerprint density at radius 1 is 0.656 bits per heavy atom. The predicted octanol–water partition coefficient (Wildman–Crippen LogP) is 0.847. The summed E-state index contributed by atoms with van der Waals surface area (Å²) >= 11 is 9.93. The summed E-state index contributed by atoms with van der Waals surface area (Å²) in [6, 6.07) is 0. The second-order valence-corrected chi connectivity index (χ2v) is 8.09. The van der Waals surface area contributed by atoms with Crippen molar-refractivity contribution in [3.8, 4) is 0 Å². The van der Waals surface area contributed by atoms with Gasteiger partial charge in [0.15, 0.2) is 0 Å². The molecule has 0 radical (unpaired) electrons. The van der Waals surface area contributed by atoms with E-state index >= 15 is 0 Å². The Balaban J connectivity index is 0.